The van der Waals surface area contributed by atoms with Gasteiger partial charge in [-0.2, -0.15) is 0 Å². The molecule has 0 aliphatic carbocycles. The summed E-state index contributed by atoms with van der Waals surface area (Å²) < 4.78 is 33.2. The average molecular weight is 1170 g/mol. The monoisotopic (exact) mass is 1170 g/mol. The molecule has 0 heterocycles. The number of unbranched alkanes of at least 4 members (excludes halogenated alkanes) is 58. The van der Waals surface area contributed by atoms with Crippen LogP contribution in [0.15, 0.2) is 0 Å². The highest BCUT2D eigenvalue weighted by molar-refractivity contribution is 7.47. The van der Waals surface area contributed by atoms with Crippen molar-refractivity contribution in [2.75, 3.05) is 26.4 Å². The first-order chi connectivity index (χ1) is 39.8. The standard InChI is InChI=1S/C71H142NO8P/c1-3-5-7-9-11-13-15-17-19-21-23-25-27-29-31-33-34-35-36-38-40-42-44-46-48-50-52-54-56-58-60-62-64-71(74)80-69(68-79-81(75,76)78-66-65-72)67-77-70(73)63-61-59-57-55-53-51-49-47-45-43-41-39-37-32-30-28-26-24-22-20-18-16-14-12-10-8-6-4-2/h69H,3-68,72H2,1-2H3,(H,75,76). The quantitative estimate of drug-likeness (QED) is 0.0347. The Morgan fingerprint density at radius 1 is 0.321 bits per heavy atom. The van der Waals surface area contributed by atoms with Crippen LogP contribution in [0.5, 0.6) is 0 Å². The Bertz CT molecular complexity index is 1290. The molecule has 3 N–H and O–H groups in total. The lowest BCUT2D eigenvalue weighted by molar-refractivity contribution is -0.161. The number of esters is 2. The molecule has 0 aromatic carbocycles. The van der Waals surface area contributed by atoms with Crippen LogP contribution in [0.25, 0.3) is 0 Å². The number of carbonyl (C=O) groups is 2. The van der Waals surface area contributed by atoms with Gasteiger partial charge >= 0.3 is 19.8 Å². The molecule has 0 aromatic heterocycles. The summed E-state index contributed by atoms with van der Waals surface area (Å²) in [5, 5.41) is 0. The zero-order valence-electron chi connectivity index (χ0n) is 54.6. The van der Waals surface area contributed by atoms with Gasteiger partial charge in [-0.3, -0.25) is 18.6 Å². The third kappa shape index (κ3) is 68.0. The molecule has 2 atom stereocenters. The van der Waals surface area contributed by atoms with E-state index in [0.29, 0.717) is 12.8 Å². The van der Waals surface area contributed by atoms with Crippen LogP contribution in [0, 0.1) is 0 Å². The van der Waals surface area contributed by atoms with Crippen LogP contribution in [-0.4, -0.2) is 49.3 Å². The van der Waals surface area contributed by atoms with Crippen molar-refractivity contribution < 1.29 is 37.6 Å². The minimum atomic E-state index is -4.39. The molecule has 0 bridgehead atoms. The van der Waals surface area contributed by atoms with Crippen molar-refractivity contribution in [3.8, 4) is 0 Å². The van der Waals surface area contributed by atoms with E-state index in [-0.39, 0.29) is 32.1 Å². The van der Waals surface area contributed by atoms with Gasteiger partial charge in [-0.05, 0) is 12.8 Å². The Labute approximate surface area is 505 Å². The molecular formula is C71H142NO8P. The van der Waals surface area contributed by atoms with Crippen LogP contribution in [0.2, 0.25) is 0 Å². The molecule has 0 saturated heterocycles. The Balaban J connectivity index is 3.77. The lowest BCUT2D eigenvalue weighted by Gasteiger charge is -2.19. The van der Waals surface area contributed by atoms with E-state index in [4.69, 9.17) is 24.3 Å². The Kier molecular flexibility index (Phi) is 67.3. The predicted octanol–water partition coefficient (Wildman–Crippen LogP) is 23.8. The number of nitrogens with two attached hydrogens (primary N) is 1. The SMILES string of the molecule is CCCCCCCCCCCCCCCCCCCCCCCCCCCCCCCCCCC(=O)OC(COC(=O)CCCCCCCCCCCCCCCCCCCCCCCCCCCCCC)COP(=O)(O)OCCN. The van der Waals surface area contributed by atoms with Crippen molar-refractivity contribution in [2.24, 2.45) is 5.73 Å². The maximum atomic E-state index is 12.8. The maximum absolute atomic E-state index is 12.8. The third-order valence-electron chi connectivity index (χ3n) is 17.0. The van der Waals surface area contributed by atoms with Crippen molar-refractivity contribution in [3.63, 3.8) is 0 Å². The van der Waals surface area contributed by atoms with Crippen LogP contribution >= 0.6 is 7.82 Å². The zero-order chi connectivity index (χ0) is 58.7. The van der Waals surface area contributed by atoms with Crippen molar-refractivity contribution in [3.05, 3.63) is 0 Å². The van der Waals surface area contributed by atoms with Crippen molar-refractivity contribution in [1.29, 1.82) is 0 Å². The zero-order valence-corrected chi connectivity index (χ0v) is 55.5. The third-order valence-corrected chi connectivity index (χ3v) is 18.0. The number of phosphoric acid groups is 1. The smallest absolute Gasteiger partial charge is 0.462 e. The van der Waals surface area contributed by atoms with Crippen molar-refractivity contribution in [2.45, 2.75) is 418 Å². The second-order valence-electron chi connectivity index (χ2n) is 25.2. The fourth-order valence-corrected chi connectivity index (χ4v) is 12.4. The van der Waals surface area contributed by atoms with Gasteiger partial charge in [0.05, 0.1) is 13.2 Å². The van der Waals surface area contributed by atoms with Crippen LogP contribution in [0.1, 0.15) is 412 Å². The first-order valence-electron chi connectivity index (χ1n) is 36.5. The van der Waals surface area contributed by atoms with Gasteiger partial charge in [-0.15, -0.1) is 0 Å². The van der Waals surface area contributed by atoms with Gasteiger partial charge in [-0.25, -0.2) is 4.57 Å². The molecule has 0 fully saturated rings. The van der Waals surface area contributed by atoms with Gasteiger partial charge in [0, 0.05) is 19.4 Å². The summed E-state index contributed by atoms with van der Waals surface area (Å²) in [6.45, 7) is 3.85. The number of carbonyl (C=O) groups excluding carboxylic acids is 2. The molecule has 0 aliphatic heterocycles. The average Bonchev–Trinajstić information content (AvgIpc) is 3.46. The molecule has 0 aromatic rings. The molecular weight excluding hydrogens is 1030 g/mol. The molecule has 0 radical (unpaired) electrons. The summed E-state index contributed by atoms with van der Waals surface area (Å²) in [6.07, 6.45) is 80.8. The Hall–Kier alpha value is -0.990. The molecule has 2 unspecified atom stereocenters. The molecule has 9 nitrogen and oxygen atoms in total. The molecule has 0 aliphatic rings. The summed E-state index contributed by atoms with van der Waals surface area (Å²) in [4.78, 5) is 35.4. The van der Waals surface area contributed by atoms with E-state index in [2.05, 4.69) is 13.8 Å². The van der Waals surface area contributed by atoms with E-state index >= 15 is 0 Å². The molecule has 484 valence electrons. The van der Waals surface area contributed by atoms with Crippen molar-refractivity contribution in [1.82, 2.24) is 0 Å². The number of ether oxygens (including phenoxy) is 2. The first-order valence-corrected chi connectivity index (χ1v) is 38.0. The second-order valence-corrected chi connectivity index (χ2v) is 26.6. The number of hydrogen-bond donors (Lipinski definition) is 2. The number of hydrogen-bond acceptors (Lipinski definition) is 8. The van der Waals surface area contributed by atoms with Crippen LogP contribution in [0.4, 0.5) is 0 Å². The minimum absolute atomic E-state index is 0.0589. The highest BCUT2D eigenvalue weighted by Crippen LogP contribution is 2.43. The number of rotatable bonds is 71. The highest BCUT2D eigenvalue weighted by atomic mass is 31.2. The largest absolute Gasteiger partial charge is 0.472 e. The van der Waals surface area contributed by atoms with Crippen molar-refractivity contribution >= 4 is 19.8 Å². The lowest BCUT2D eigenvalue weighted by atomic mass is 10.0. The van der Waals surface area contributed by atoms with E-state index in [1.54, 1.807) is 0 Å². The Morgan fingerprint density at radius 2 is 0.531 bits per heavy atom. The molecule has 0 saturated carbocycles. The molecule has 10 heteroatoms. The summed E-state index contributed by atoms with van der Waals surface area (Å²) in [6, 6.07) is 0. The van der Waals surface area contributed by atoms with E-state index in [1.807, 2.05) is 0 Å². The summed E-state index contributed by atoms with van der Waals surface area (Å²) in [5.74, 6) is -0.796. The van der Waals surface area contributed by atoms with Crippen LogP contribution in [-0.2, 0) is 32.7 Å². The van der Waals surface area contributed by atoms with Gasteiger partial charge in [0.25, 0.3) is 0 Å². The fourth-order valence-electron chi connectivity index (χ4n) is 11.6. The second kappa shape index (κ2) is 68.1. The minimum Gasteiger partial charge on any atom is -0.462 e. The molecule has 0 amide bonds. The molecule has 0 rings (SSSR count). The van der Waals surface area contributed by atoms with Gasteiger partial charge in [0.1, 0.15) is 6.61 Å². The van der Waals surface area contributed by atoms with E-state index in [1.165, 1.54) is 347 Å². The van der Waals surface area contributed by atoms with E-state index < -0.39 is 26.5 Å². The highest BCUT2D eigenvalue weighted by Gasteiger charge is 2.26. The number of phosphoric ester groups is 1. The van der Waals surface area contributed by atoms with Crippen LogP contribution in [0.3, 0.4) is 0 Å². The lowest BCUT2D eigenvalue weighted by Crippen LogP contribution is -2.29. The predicted molar refractivity (Wildman–Crippen MR) is 349 cm³/mol. The summed E-state index contributed by atoms with van der Waals surface area (Å²) in [5.41, 5.74) is 5.41. The normalized spacial score (nSPS) is 12.8. The van der Waals surface area contributed by atoms with Crippen LogP contribution < -0.4 is 5.73 Å². The summed E-state index contributed by atoms with van der Waals surface area (Å²) >= 11 is 0. The topological polar surface area (TPSA) is 134 Å². The van der Waals surface area contributed by atoms with Gasteiger partial charge in [0.15, 0.2) is 6.10 Å². The maximum Gasteiger partial charge on any atom is 0.472 e. The van der Waals surface area contributed by atoms with Gasteiger partial charge in [0.2, 0.25) is 0 Å². The molecule has 0 spiro atoms. The Morgan fingerprint density at radius 3 is 0.753 bits per heavy atom. The first kappa shape index (κ1) is 80.0. The van der Waals surface area contributed by atoms with E-state index in [0.717, 1.165) is 32.1 Å². The van der Waals surface area contributed by atoms with E-state index in [9.17, 15) is 19.0 Å². The van der Waals surface area contributed by atoms with Gasteiger partial charge in [-0.1, -0.05) is 386 Å². The molecule has 81 heavy (non-hydrogen) atoms. The fraction of sp³-hybridized carbons (Fsp3) is 0.972. The van der Waals surface area contributed by atoms with Gasteiger partial charge < -0.3 is 20.1 Å². The summed E-state index contributed by atoms with van der Waals surface area (Å²) in [7, 11) is -4.39.